The summed E-state index contributed by atoms with van der Waals surface area (Å²) >= 11 is 2.09. The van der Waals surface area contributed by atoms with Crippen LogP contribution in [0, 0.1) is 0 Å². The first-order chi connectivity index (χ1) is 3.68. The molecular weight excluding hydrogens is 219 g/mol. The standard InChI is InChI=1S/C5H9IO2/c1-4(7)5(8)2-3-6/h2,4,7-8H,3H2,1H3. The Morgan fingerprint density at radius 3 is 2.50 bits per heavy atom. The summed E-state index contributed by atoms with van der Waals surface area (Å²) in [6, 6.07) is 0. The quantitative estimate of drug-likeness (QED) is 0.424. The summed E-state index contributed by atoms with van der Waals surface area (Å²) in [5.74, 6) is 0.0550. The molecule has 0 heterocycles. The van der Waals surface area contributed by atoms with Crippen LogP contribution in [-0.4, -0.2) is 20.7 Å². The van der Waals surface area contributed by atoms with Crippen molar-refractivity contribution in [3.63, 3.8) is 0 Å². The number of hydrogen-bond acceptors (Lipinski definition) is 2. The van der Waals surface area contributed by atoms with E-state index < -0.39 is 6.10 Å². The third-order valence-corrected chi connectivity index (χ3v) is 1.15. The largest absolute Gasteiger partial charge is 0.510 e. The molecule has 8 heavy (non-hydrogen) atoms. The van der Waals surface area contributed by atoms with Crippen molar-refractivity contribution in [2.24, 2.45) is 0 Å². The van der Waals surface area contributed by atoms with Crippen molar-refractivity contribution in [3.8, 4) is 0 Å². The van der Waals surface area contributed by atoms with E-state index in [4.69, 9.17) is 10.2 Å². The Morgan fingerprint density at radius 2 is 2.38 bits per heavy atom. The van der Waals surface area contributed by atoms with E-state index in [0.717, 1.165) is 4.43 Å². The Kier molecular flexibility index (Phi) is 4.26. The van der Waals surface area contributed by atoms with Gasteiger partial charge in [-0.3, -0.25) is 0 Å². The molecule has 3 heteroatoms. The topological polar surface area (TPSA) is 40.5 Å². The maximum atomic E-state index is 8.73. The molecule has 48 valence electrons. The van der Waals surface area contributed by atoms with Crippen LogP contribution in [0.1, 0.15) is 6.92 Å². The third kappa shape index (κ3) is 3.26. The Labute approximate surface area is 62.4 Å². The Morgan fingerprint density at radius 1 is 1.88 bits per heavy atom. The first-order valence-electron chi connectivity index (χ1n) is 2.31. The molecule has 0 aromatic carbocycles. The average molecular weight is 228 g/mol. The lowest BCUT2D eigenvalue weighted by Crippen LogP contribution is -2.03. The number of hydrogen-bond donors (Lipinski definition) is 2. The fourth-order valence-corrected chi connectivity index (χ4v) is 0.701. The van der Waals surface area contributed by atoms with Crippen LogP contribution >= 0.6 is 22.6 Å². The van der Waals surface area contributed by atoms with Crippen LogP contribution in [-0.2, 0) is 0 Å². The van der Waals surface area contributed by atoms with Crippen molar-refractivity contribution in [2.45, 2.75) is 13.0 Å². The molecule has 0 spiro atoms. The molecule has 1 atom stereocenters. The van der Waals surface area contributed by atoms with E-state index in [1.165, 1.54) is 6.92 Å². The molecule has 0 saturated heterocycles. The van der Waals surface area contributed by atoms with Crippen LogP contribution in [0.15, 0.2) is 11.8 Å². The van der Waals surface area contributed by atoms with E-state index in [2.05, 4.69) is 22.6 Å². The van der Waals surface area contributed by atoms with Gasteiger partial charge >= 0.3 is 0 Å². The van der Waals surface area contributed by atoms with E-state index in [-0.39, 0.29) is 5.76 Å². The third-order valence-electron chi connectivity index (χ3n) is 0.714. The van der Waals surface area contributed by atoms with Crippen LogP contribution in [0.5, 0.6) is 0 Å². The molecule has 0 fully saturated rings. The first kappa shape index (κ1) is 8.23. The van der Waals surface area contributed by atoms with Gasteiger partial charge in [-0.1, -0.05) is 22.6 Å². The SMILES string of the molecule is CC(O)C(O)=CCI. The Hall–Kier alpha value is 0.230. The van der Waals surface area contributed by atoms with Crippen LogP contribution in [0.25, 0.3) is 0 Å². The number of aliphatic hydroxyl groups excluding tert-OH is 2. The van der Waals surface area contributed by atoms with Crippen LogP contribution in [0.3, 0.4) is 0 Å². The molecule has 1 unspecified atom stereocenters. The van der Waals surface area contributed by atoms with Crippen molar-refractivity contribution in [2.75, 3.05) is 4.43 Å². The number of allylic oxidation sites excluding steroid dienone is 1. The molecule has 0 saturated carbocycles. The molecule has 0 bridgehead atoms. The normalized spacial score (nSPS) is 16.1. The van der Waals surface area contributed by atoms with Crippen LogP contribution < -0.4 is 0 Å². The molecule has 0 radical (unpaired) electrons. The maximum absolute atomic E-state index is 8.73. The predicted octanol–water partition coefficient (Wildman–Crippen LogP) is 1.24. The van der Waals surface area contributed by atoms with Gasteiger partial charge in [0.2, 0.25) is 0 Å². The molecular formula is C5H9IO2. The summed E-state index contributed by atoms with van der Waals surface area (Å²) in [7, 11) is 0. The van der Waals surface area contributed by atoms with Gasteiger partial charge < -0.3 is 10.2 Å². The van der Waals surface area contributed by atoms with Gasteiger partial charge in [0.15, 0.2) is 0 Å². The zero-order valence-corrected chi connectivity index (χ0v) is 6.79. The molecule has 0 aliphatic rings. The molecule has 0 aromatic rings. The molecule has 2 N–H and O–H groups in total. The second kappa shape index (κ2) is 4.14. The van der Waals surface area contributed by atoms with Crippen molar-refractivity contribution < 1.29 is 10.2 Å². The highest BCUT2D eigenvalue weighted by atomic mass is 127. The summed E-state index contributed by atoms with van der Waals surface area (Å²) in [5.41, 5.74) is 0. The number of aliphatic hydroxyl groups is 2. The van der Waals surface area contributed by atoms with Crippen molar-refractivity contribution >= 4 is 22.6 Å². The van der Waals surface area contributed by atoms with Crippen LogP contribution in [0.2, 0.25) is 0 Å². The zero-order valence-electron chi connectivity index (χ0n) is 4.63. The van der Waals surface area contributed by atoms with E-state index >= 15 is 0 Å². The minimum atomic E-state index is -0.718. The van der Waals surface area contributed by atoms with E-state index in [0.29, 0.717) is 0 Å². The summed E-state index contributed by atoms with van der Waals surface area (Å²) in [4.78, 5) is 0. The number of alkyl halides is 1. The van der Waals surface area contributed by atoms with Gasteiger partial charge in [-0.2, -0.15) is 0 Å². The number of rotatable bonds is 2. The van der Waals surface area contributed by atoms with Crippen molar-refractivity contribution in [3.05, 3.63) is 11.8 Å². The van der Waals surface area contributed by atoms with E-state index in [1.54, 1.807) is 6.08 Å². The van der Waals surface area contributed by atoms with Gasteiger partial charge in [0.1, 0.15) is 11.9 Å². The van der Waals surface area contributed by atoms with E-state index in [9.17, 15) is 0 Å². The van der Waals surface area contributed by atoms with Crippen LogP contribution in [0.4, 0.5) is 0 Å². The molecule has 2 nitrogen and oxygen atoms in total. The minimum Gasteiger partial charge on any atom is -0.510 e. The molecule has 0 aromatic heterocycles. The second-order valence-corrected chi connectivity index (χ2v) is 2.34. The first-order valence-corrected chi connectivity index (χ1v) is 3.84. The summed E-state index contributed by atoms with van der Waals surface area (Å²) in [6.07, 6.45) is 0.857. The predicted molar refractivity (Wildman–Crippen MR) is 41.3 cm³/mol. The van der Waals surface area contributed by atoms with Gasteiger partial charge in [0, 0.05) is 4.43 Å². The highest BCUT2D eigenvalue weighted by Gasteiger charge is 1.97. The van der Waals surface area contributed by atoms with Gasteiger partial charge in [-0.25, -0.2) is 0 Å². The summed E-state index contributed by atoms with van der Waals surface area (Å²) < 4.78 is 0.731. The van der Waals surface area contributed by atoms with E-state index in [1.807, 2.05) is 0 Å². The summed E-state index contributed by atoms with van der Waals surface area (Å²) in [6.45, 7) is 1.53. The number of halogens is 1. The highest BCUT2D eigenvalue weighted by Crippen LogP contribution is 1.96. The molecule has 0 aliphatic heterocycles. The van der Waals surface area contributed by atoms with Crippen molar-refractivity contribution in [1.29, 1.82) is 0 Å². The average Bonchev–Trinajstić information content (AvgIpc) is 1.67. The smallest absolute Gasteiger partial charge is 0.117 e. The lowest BCUT2D eigenvalue weighted by molar-refractivity contribution is 0.169. The van der Waals surface area contributed by atoms with Gasteiger partial charge in [0.25, 0.3) is 0 Å². The van der Waals surface area contributed by atoms with Gasteiger partial charge in [0.05, 0.1) is 0 Å². The molecule has 0 rings (SSSR count). The Bertz CT molecular complexity index is 88.4. The minimum absolute atomic E-state index is 0.0550. The van der Waals surface area contributed by atoms with Gasteiger partial charge in [-0.05, 0) is 13.0 Å². The monoisotopic (exact) mass is 228 g/mol. The summed E-state index contributed by atoms with van der Waals surface area (Å²) in [5, 5.41) is 17.4. The fraction of sp³-hybridized carbons (Fsp3) is 0.600. The zero-order chi connectivity index (χ0) is 6.57. The lowest BCUT2D eigenvalue weighted by Gasteiger charge is -1.99. The fourth-order valence-electron chi connectivity index (χ4n) is 0.250. The van der Waals surface area contributed by atoms with Gasteiger partial charge in [-0.15, -0.1) is 0 Å². The lowest BCUT2D eigenvalue weighted by atomic mass is 10.3. The molecule has 0 aliphatic carbocycles. The highest BCUT2D eigenvalue weighted by molar-refractivity contribution is 14.1. The second-order valence-electron chi connectivity index (χ2n) is 1.46. The maximum Gasteiger partial charge on any atom is 0.117 e. The van der Waals surface area contributed by atoms with Crippen molar-refractivity contribution in [1.82, 2.24) is 0 Å². The Balaban J connectivity index is 3.61. The molecule has 0 amide bonds.